The van der Waals surface area contributed by atoms with Gasteiger partial charge in [0, 0.05) is 18.3 Å². The number of hydrogen-bond acceptors (Lipinski definition) is 6. The van der Waals surface area contributed by atoms with Crippen LogP contribution in [0.25, 0.3) is 0 Å². The first kappa shape index (κ1) is 36.6. The molecule has 0 aromatic rings. The average Bonchev–Trinajstić information content (AvgIpc) is 1.25. The molecule has 0 spiro atoms. The molecule has 0 aliphatic heterocycles. The third-order valence-corrected chi connectivity index (χ3v) is 0. The molecule has 0 atom stereocenters. The first-order chi connectivity index (χ1) is 3.46. The first-order valence-corrected chi connectivity index (χ1v) is 3.67. The van der Waals surface area contributed by atoms with E-state index < -0.39 is 18.3 Å². The van der Waals surface area contributed by atoms with Gasteiger partial charge in [0.1, 0.15) is 0 Å². The molecule has 0 saturated carbocycles. The molecule has 0 aliphatic carbocycles. The van der Waals surface area contributed by atoms with Gasteiger partial charge in [-0.15, -0.1) is 0 Å². The molecule has 0 aliphatic rings. The van der Waals surface area contributed by atoms with Gasteiger partial charge in [0.05, 0.1) is 0 Å². The molecular formula is Li2Na2O6Si2. The zero-order valence-electron chi connectivity index (χ0n) is 7.45. The zero-order valence-corrected chi connectivity index (χ0v) is 13.4. The Morgan fingerprint density at radius 2 is 0.667 bits per heavy atom. The molecular weight excluding hydrogens is 212 g/mol. The molecule has 0 rings (SSSR count). The van der Waals surface area contributed by atoms with Crippen molar-refractivity contribution in [1.29, 1.82) is 0 Å². The van der Waals surface area contributed by atoms with Gasteiger partial charge in [0.25, 0.3) is 0 Å². The zero-order chi connectivity index (χ0) is 7.15. The molecule has 0 radical (unpaired) electrons. The van der Waals surface area contributed by atoms with E-state index in [0.29, 0.717) is 0 Å². The predicted octanol–water partition coefficient (Wildman–Crippen LogP) is -17.7. The van der Waals surface area contributed by atoms with Crippen molar-refractivity contribution in [2.75, 3.05) is 0 Å². The summed E-state index contributed by atoms with van der Waals surface area (Å²) >= 11 is 0. The Balaban J connectivity index is -0.0000000112. The van der Waals surface area contributed by atoms with Gasteiger partial charge in [-0.2, -0.15) is 0 Å². The topological polar surface area (TPSA) is 126 Å². The number of rotatable bonds is 0. The van der Waals surface area contributed by atoms with Crippen molar-refractivity contribution in [3.63, 3.8) is 0 Å². The third kappa shape index (κ3) is 275. The molecule has 0 aromatic heterocycles. The quantitative estimate of drug-likeness (QED) is 0.367. The second-order valence-electron chi connectivity index (χ2n) is 0.500. The normalized spacial score (nSPS) is 4.00. The van der Waals surface area contributed by atoms with Crippen LogP contribution < -0.4 is 116 Å². The summed E-state index contributed by atoms with van der Waals surface area (Å²) in [4.78, 5) is 34.1. The Morgan fingerprint density at radius 3 is 0.667 bits per heavy atom. The van der Waals surface area contributed by atoms with E-state index in [9.17, 15) is 0 Å². The minimum absolute atomic E-state index is 0. The van der Waals surface area contributed by atoms with Crippen LogP contribution in [0.15, 0.2) is 0 Å². The molecule has 0 amide bonds. The second-order valence-corrected chi connectivity index (χ2v) is 1.50. The molecule has 0 heterocycles. The fourth-order valence-corrected chi connectivity index (χ4v) is 0. The summed E-state index contributed by atoms with van der Waals surface area (Å²) in [6.07, 6.45) is 0. The summed E-state index contributed by atoms with van der Waals surface area (Å²) in [5.41, 5.74) is 0. The Labute approximate surface area is 141 Å². The van der Waals surface area contributed by atoms with E-state index in [1.165, 1.54) is 0 Å². The van der Waals surface area contributed by atoms with E-state index in [1.54, 1.807) is 0 Å². The third-order valence-electron chi connectivity index (χ3n) is 0. The largest absolute Gasteiger partial charge is 1.00 e. The van der Waals surface area contributed by atoms with Gasteiger partial charge in [-0.25, -0.2) is 0 Å². The van der Waals surface area contributed by atoms with Gasteiger partial charge >= 0.3 is 96.8 Å². The van der Waals surface area contributed by atoms with E-state index in [-0.39, 0.29) is 96.8 Å². The van der Waals surface area contributed by atoms with Crippen LogP contribution in [-0.4, -0.2) is 18.3 Å². The minimum atomic E-state index is -3.63. The van der Waals surface area contributed by atoms with E-state index in [0.717, 1.165) is 0 Å². The minimum Gasteiger partial charge on any atom is -0.672 e. The molecule has 12 heteroatoms. The maximum absolute atomic E-state index is 8.52. The Morgan fingerprint density at radius 1 is 0.667 bits per heavy atom. The maximum Gasteiger partial charge on any atom is 1.00 e. The Bertz CT molecular complexity index is 79.5. The fraction of sp³-hybridized carbons (Fsp3) is 0. The number of hydrogen-bond donors (Lipinski definition) is 0. The molecule has 6 nitrogen and oxygen atoms in total. The fourth-order valence-electron chi connectivity index (χ4n) is 0. The molecule has 0 fully saturated rings. The van der Waals surface area contributed by atoms with Gasteiger partial charge in [-0.1, -0.05) is 0 Å². The van der Waals surface area contributed by atoms with Gasteiger partial charge in [-0.05, 0) is 0 Å². The van der Waals surface area contributed by atoms with E-state index in [4.69, 9.17) is 28.1 Å². The van der Waals surface area contributed by atoms with Crippen LogP contribution in [0.5, 0.6) is 0 Å². The smallest absolute Gasteiger partial charge is 0.672 e. The van der Waals surface area contributed by atoms with Gasteiger partial charge in [0.15, 0.2) is 0 Å². The Kier molecular flexibility index (Phi) is 89.1. The summed E-state index contributed by atoms with van der Waals surface area (Å²) in [6, 6.07) is 0. The van der Waals surface area contributed by atoms with E-state index in [2.05, 4.69) is 0 Å². The van der Waals surface area contributed by atoms with Crippen LogP contribution in [-0.2, 0) is 8.92 Å². The summed E-state index contributed by atoms with van der Waals surface area (Å²) in [5.74, 6) is 0. The van der Waals surface area contributed by atoms with Crippen LogP contribution >= 0.6 is 0 Å². The van der Waals surface area contributed by atoms with Gasteiger partial charge in [-0.3, -0.25) is 0 Å². The molecule has 0 unspecified atom stereocenters. The van der Waals surface area contributed by atoms with Crippen LogP contribution in [0.2, 0.25) is 0 Å². The average molecular weight is 212 g/mol. The molecule has 0 saturated heterocycles. The Hall–Kier alpha value is 2.43. The first-order valence-electron chi connectivity index (χ1n) is 1.22. The second kappa shape index (κ2) is 29.2. The molecule has 0 bridgehead atoms. The van der Waals surface area contributed by atoms with Crippen molar-refractivity contribution in [3.8, 4) is 0 Å². The van der Waals surface area contributed by atoms with Crippen LogP contribution in [0.1, 0.15) is 0 Å². The molecule has 48 valence electrons. The summed E-state index contributed by atoms with van der Waals surface area (Å²) in [5, 5.41) is 0. The van der Waals surface area contributed by atoms with Crippen LogP contribution in [0.4, 0.5) is 0 Å². The van der Waals surface area contributed by atoms with Crippen molar-refractivity contribution in [1.82, 2.24) is 0 Å². The van der Waals surface area contributed by atoms with E-state index >= 15 is 0 Å². The SMILES string of the molecule is O=[Si]([O-])[O-].O=[Si]([O-])[O-].[Li+].[Li+].[Na+].[Na+]. The van der Waals surface area contributed by atoms with Gasteiger partial charge < -0.3 is 28.1 Å². The maximum atomic E-state index is 8.52. The van der Waals surface area contributed by atoms with Crippen molar-refractivity contribution in [2.45, 2.75) is 0 Å². The standard InChI is InChI=1S/2Li.2Na.2O3Si/c;;;;2*1-4(2)3/q4*+1;2*-2. The summed E-state index contributed by atoms with van der Waals surface area (Å²) in [6.45, 7) is 0. The van der Waals surface area contributed by atoms with Crippen LogP contribution in [0, 0.1) is 0 Å². The van der Waals surface area contributed by atoms with Crippen molar-refractivity contribution in [2.24, 2.45) is 0 Å². The van der Waals surface area contributed by atoms with Gasteiger partial charge in [0.2, 0.25) is 0 Å². The molecule has 0 N–H and O–H groups in total. The van der Waals surface area contributed by atoms with Crippen LogP contribution in [0.3, 0.4) is 0 Å². The summed E-state index contributed by atoms with van der Waals surface area (Å²) in [7, 11) is -7.26. The van der Waals surface area contributed by atoms with Crippen molar-refractivity contribution in [3.05, 3.63) is 0 Å². The molecule has 0 aromatic carbocycles. The van der Waals surface area contributed by atoms with Crippen molar-refractivity contribution >= 4 is 18.3 Å². The monoisotopic (exact) mass is 212 g/mol. The van der Waals surface area contributed by atoms with E-state index in [1.807, 2.05) is 0 Å². The van der Waals surface area contributed by atoms with Crippen molar-refractivity contribution < 1.29 is 125 Å². The predicted molar refractivity (Wildman–Crippen MR) is 12.9 cm³/mol. The molecule has 12 heavy (non-hydrogen) atoms. The summed E-state index contributed by atoms with van der Waals surface area (Å²) < 4.78 is 17.0.